The average Bonchev–Trinajstić information content (AvgIpc) is 3.34. The number of hydrogen-bond donors (Lipinski definition) is 1. The molecule has 3 heterocycles. The summed E-state index contributed by atoms with van der Waals surface area (Å²) < 4.78 is 0. The lowest BCUT2D eigenvalue weighted by Gasteiger charge is -2.34. The van der Waals surface area contributed by atoms with Crippen molar-refractivity contribution in [1.29, 1.82) is 0 Å². The summed E-state index contributed by atoms with van der Waals surface area (Å²) in [5.74, 6) is 0.358. The van der Waals surface area contributed by atoms with Crippen molar-refractivity contribution in [2.24, 2.45) is 0 Å². The van der Waals surface area contributed by atoms with Gasteiger partial charge in [-0.05, 0) is 23.8 Å². The first-order chi connectivity index (χ1) is 16.7. The number of aromatic nitrogens is 2. The zero-order valence-electron chi connectivity index (χ0n) is 18.4. The van der Waals surface area contributed by atoms with Crippen LogP contribution in [0.3, 0.4) is 0 Å². The molecule has 0 atom stereocenters. The fraction of sp³-hybridized carbons (Fsp3) is 0.200. The van der Waals surface area contributed by atoms with Crippen molar-refractivity contribution in [3.63, 3.8) is 0 Å². The Morgan fingerprint density at radius 1 is 0.912 bits per heavy atom. The monoisotopic (exact) mass is 489 g/mol. The molecule has 34 heavy (non-hydrogen) atoms. The summed E-state index contributed by atoms with van der Waals surface area (Å²) in [6.07, 6.45) is 1.56. The molecule has 2 aromatic heterocycles. The molecule has 0 radical (unpaired) electrons. The van der Waals surface area contributed by atoms with E-state index in [4.69, 9.17) is 0 Å². The zero-order chi connectivity index (χ0) is 23.3. The number of urea groups is 1. The summed E-state index contributed by atoms with van der Waals surface area (Å²) in [5, 5.41) is 4.69. The van der Waals surface area contributed by atoms with Gasteiger partial charge in [0.15, 0.2) is 0 Å². The van der Waals surface area contributed by atoms with E-state index in [1.54, 1.807) is 22.6 Å². The van der Waals surface area contributed by atoms with Gasteiger partial charge in [0, 0.05) is 42.1 Å². The predicted octanol–water partition coefficient (Wildman–Crippen LogP) is 4.83. The Morgan fingerprint density at radius 2 is 1.59 bits per heavy atom. The first kappa shape index (κ1) is 22.4. The number of amides is 3. The lowest BCUT2D eigenvalue weighted by Crippen LogP contribution is -2.52. The van der Waals surface area contributed by atoms with Gasteiger partial charge in [-0.25, -0.2) is 14.8 Å². The Bertz CT molecular complexity index is 1290. The van der Waals surface area contributed by atoms with E-state index in [1.165, 1.54) is 11.8 Å². The summed E-state index contributed by atoms with van der Waals surface area (Å²) in [7, 11) is 0. The molecule has 2 aromatic carbocycles. The first-order valence-corrected chi connectivity index (χ1v) is 12.8. The Hall–Kier alpha value is -3.43. The van der Waals surface area contributed by atoms with Crippen LogP contribution in [0.4, 0.5) is 10.5 Å². The molecule has 0 unspecified atom stereocenters. The van der Waals surface area contributed by atoms with Crippen molar-refractivity contribution >= 4 is 50.9 Å². The molecular formula is C25H23N5O2S2. The number of carbonyl (C=O) groups is 2. The summed E-state index contributed by atoms with van der Waals surface area (Å²) in [4.78, 5) is 39.8. The van der Waals surface area contributed by atoms with E-state index in [1.807, 2.05) is 53.4 Å². The highest BCUT2D eigenvalue weighted by Gasteiger charge is 2.24. The molecule has 9 heteroatoms. The smallest absolute Gasteiger partial charge is 0.321 e. The summed E-state index contributed by atoms with van der Waals surface area (Å²) in [6, 6.07) is 21.5. The second-order valence-corrected chi connectivity index (χ2v) is 9.82. The van der Waals surface area contributed by atoms with Gasteiger partial charge in [0.25, 0.3) is 0 Å². The lowest BCUT2D eigenvalue weighted by molar-refractivity contribution is -0.129. The van der Waals surface area contributed by atoms with Crippen LogP contribution in [0.1, 0.15) is 0 Å². The molecule has 1 fully saturated rings. The molecule has 172 valence electrons. The lowest BCUT2D eigenvalue weighted by atomic mass is 10.2. The molecule has 0 aliphatic carbocycles. The predicted molar refractivity (Wildman–Crippen MR) is 137 cm³/mol. The highest BCUT2D eigenvalue weighted by atomic mass is 32.2. The number of fused-ring (bicyclic) bond motifs is 1. The highest BCUT2D eigenvalue weighted by molar-refractivity contribution is 8.00. The number of carbonyl (C=O) groups excluding carboxylic acids is 2. The van der Waals surface area contributed by atoms with E-state index in [0.717, 1.165) is 31.4 Å². The second-order valence-electron chi connectivity index (χ2n) is 7.83. The van der Waals surface area contributed by atoms with Crippen molar-refractivity contribution in [3.8, 4) is 10.4 Å². The van der Waals surface area contributed by atoms with Crippen molar-refractivity contribution in [2.45, 2.75) is 5.03 Å². The molecule has 1 N–H and O–H groups in total. The minimum absolute atomic E-state index is 0.0541. The normalized spacial score (nSPS) is 13.8. The highest BCUT2D eigenvalue weighted by Crippen LogP contribution is 2.36. The van der Waals surface area contributed by atoms with Crippen LogP contribution in [0.2, 0.25) is 0 Å². The molecule has 0 bridgehead atoms. The molecule has 0 saturated carbocycles. The maximum Gasteiger partial charge on any atom is 0.321 e. The van der Waals surface area contributed by atoms with Crippen LogP contribution >= 0.6 is 23.1 Å². The maximum atomic E-state index is 12.8. The number of thioether (sulfide) groups is 1. The van der Waals surface area contributed by atoms with Gasteiger partial charge in [-0.15, -0.1) is 11.3 Å². The molecule has 0 spiro atoms. The number of para-hydroxylation sites is 1. The van der Waals surface area contributed by atoms with Gasteiger partial charge in [-0.3, -0.25) is 4.79 Å². The van der Waals surface area contributed by atoms with Crippen LogP contribution in [0.5, 0.6) is 0 Å². The Morgan fingerprint density at radius 3 is 2.32 bits per heavy atom. The number of benzene rings is 2. The second kappa shape index (κ2) is 10.2. The Kier molecular flexibility index (Phi) is 6.73. The zero-order valence-corrected chi connectivity index (χ0v) is 20.0. The van der Waals surface area contributed by atoms with Crippen molar-refractivity contribution in [2.75, 3.05) is 37.2 Å². The van der Waals surface area contributed by atoms with Gasteiger partial charge in [0.05, 0.1) is 5.75 Å². The molecule has 7 nitrogen and oxygen atoms in total. The Labute approximate surface area is 205 Å². The van der Waals surface area contributed by atoms with E-state index in [-0.39, 0.29) is 11.9 Å². The number of hydrogen-bond acceptors (Lipinski definition) is 6. The van der Waals surface area contributed by atoms with Crippen molar-refractivity contribution in [3.05, 3.63) is 73.1 Å². The van der Waals surface area contributed by atoms with Crippen molar-refractivity contribution in [1.82, 2.24) is 19.8 Å². The number of nitrogens with zero attached hydrogens (tertiary/aromatic N) is 4. The molecule has 5 rings (SSSR count). The van der Waals surface area contributed by atoms with Crippen LogP contribution in [0.15, 0.2) is 78.1 Å². The van der Waals surface area contributed by atoms with Gasteiger partial charge in [0.1, 0.15) is 16.2 Å². The topological polar surface area (TPSA) is 78.4 Å². The molecular weight excluding hydrogens is 466 g/mol. The summed E-state index contributed by atoms with van der Waals surface area (Å²) in [5.41, 5.74) is 1.91. The van der Waals surface area contributed by atoms with Gasteiger partial charge in [-0.1, -0.05) is 60.3 Å². The molecule has 1 aliphatic rings. The van der Waals surface area contributed by atoms with Crippen LogP contribution in [-0.2, 0) is 4.79 Å². The average molecular weight is 490 g/mol. The SMILES string of the molecule is O=C(CSc1ncnc2sc(-c3ccccc3)cc12)N1CCN(C(=O)Nc2ccccc2)CC1. The molecule has 1 aliphatic heterocycles. The third-order valence-electron chi connectivity index (χ3n) is 5.63. The van der Waals surface area contributed by atoms with Crippen LogP contribution in [0.25, 0.3) is 20.7 Å². The third-order valence-corrected chi connectivity index (χ3v) is 7.71. The Balaban J connectivity index is 1.17. The molecule has 4 aromatic rings. The quantitative estimate of drug-likeness (QED) is 0.321. The standard InChI is InChI=1S/C25H23N5O2S2/c31-22(29-11-13-30(14-12-29)25(32)28-19-9-5-2-6-10-19)16-33-23-20-15-21(18-7-3-1-4-8-18)34-24(20)27-17-26-23/h1-10,15,17H,11-14,16H2,(H,28,32). The molecule has 1 saturated heterocycles. The minimum atomic E-state index is -0.136. The maximum absolute atomic E-state index is 12.8. The summed E-state index contributed by atoms with van der Waals surface area (Å²) >= 11 is 3.07. The van der Waals surface area contributed by atoms with E-state index < -0.39 is 0 Å². The van der Waals surface area contributed by atoms with Gasteiger partial charge < -0.3 is 15.1 Å². The van der Waals surface area contributed by atoms with Gasteiger partial charge in [0.2, 0.25) is 5.91 Å². The first-order valence-electron chi connectivity index (χ1n) is 11.0. The number of thiophene rings is 1. The van der Waals surface area contributed by atoms with E-state index in [2.05, 4.69) is 33.5 Å². The number of anilines is 1. The minimum Gasteiger partial charge on any atom is -0.338 e. The van der Waals surface area contributed by atoms with Crippen LogP contribution < -0.4 is 5.32 Å². The van der Waals surface area contributed by atoms with E-state index >= 15 is 0 Å². The van der Waals surface area contributed by atoms with Crippen LogP contribution in [-0.4, -0.2) is 63.6 Å². The largest absolute Gasteiger partial charge is 0.338 e. The number of piperazine rings is 1. The fourth-order valence-corrected chi connectivity index (χ4v) is 5.74. The number of nitrogens with one attached hydrogen (secondary N) is 1. The van der Waals surface area contributed by atoms with E-state index in [0.29, 0.717) is 31.9 Å². The van der Waals surface area contributed by atoms with E-state index in [9.17, 15) is 9.59 Å². The van der Waals surface area contributed by atoms with Gasteiger partial charge >= 0.3 is 6.03 Å². The fourth-order valence-electron chi connectivity index (χ4n) is 3.80. The van der Waals surface area contributed by atoms with Crippen molar-refractivity contribution < 1.29 is 9.59 Å². The van der Waals surface area contributed by atoms with Crippen LogP contribution in [0, 0.1) is 0 Å². The molecule has 3 amide bonds. The third kappa shape index (κ3) is 5.05. The number of rotatable bonds is 5. The summed E-state index contributed by atoms with van der Waals surface area (Å²) in [6.45, 7) is 2.07. The van der Waals surface area contributed by atoms with Gasteiger partial charge in [-0.2, -0.15) is 0 Å².